The highest BCUT2D eigenvalue weighted by atomic mass is 16.5. The van der Waals surface area contributed by atoms with Gasteiger partial charge in [-0.25, -0.2) is 0 Å². The van der Waals surface area contributed by atoms with Crippen LogP contribution >= 0.6 is 0 Å². The molecule has 160 valence electrons. The number of nitrogens with one attached hydrogen (secondary N) is 1. The molecule has 0 heterocycles. The van der Waals surface area contributed by atoms with Gasteiger partial charge in [-0.15, -0.1) is 0 Å². The first-order chi connectivity index (χ1) is 13.2. The fourth-order valence-corrected chi connectivity index (χ4v) is 2.02. The van der Waals surface area contributed by atoms with Crippen molar-refractivity contribution >= 4 is 11.8 Å². The number of amides is 2. The van der Waals surface area contributed by atoms with Crippen molar-refractivity contribution in [2.75, 3.05) is 73.1 Å². The molecule has 0 saturated heterocycles. The maximum Gasteiger partial charge on any atom is 0.243 e. The van der Waals surface area contributed by atoms with E-state index in [1.54, 1.807) is 7.11 Å². The highest BCUT2D eigenvalue weighted by Crippen LogP contribution is 2.00. The molecule has 27 heavy (non-hydrogen) atoms. The van der Waals surface area contributed by atoms with Gasteiger partial charge in [0.15, 0.2) is 0 Å². The van der Waals surface area contributed by atoms with Crippen molar-refractivity contribution in [1.29, 1.82) is 0 Å². The summed E-state index contributed by atoms with van der Waals surface area (Å²) < 4.78 is 26.0. The Hall–Kier alpha value is -1.26. The Bertz CT molecular complexity index is 357. The zero-order valence-corrected chi connectivity index (χ0v) is 16.5. The highest BCUT2D eigenvalue weighted by molar-refractivity contribution is 5.75. The van der Waals surface area contributed by atoms with Crippen molar-refractivity contribution in [3.63, 3.8) is 0 Å². The molecule has 0 aliphatic rings. The summed E-state index contributed by atoms with van der Waals surface area (Å²) in [7, 11) is 1.62. The monoisotopic (exact) mass is 392 g/mol. The van der Waals surface area contributed by atoms with E-state index in [0.29, 0.717) is 65.8 Å². The number of nitrogens with two attached hydrogens (primary N) is 1. The summed E-state index contributed by atoms with van der Waals surface area (Å²) in [6.07, 6.45) is 4.26. The Morgan fingerprint density at radius 2 is 1.33 bits per heavy atom. The van der Waals surface area contributed by atoms with E-state index in [-0.39, 0.29) is 12.5 Å². The molecule has 0 aliphatic carbocycles. The molecule has 0 radical (unpaired) electrons. The predicted octanol–water partition coefficient (Wildman–Crippen LogP) is 0.251. The van der Waals surface area contributed by atoms with Crippen LogP contribution in [0, 0.1) is 0 Å². The van der Waals surface area contributed by atoms with E-state index in [1.807, 2.05) is 0 Å². The Balaban J connectivity index is 3.15. The Kier molecular flexibility index (Phi) is 20.1. The van der Waals surface area contributed by atoms with E-state index in [9.17, 15) is 9.59 Å². The number of primary amides is 1. The van der Waals surface area contributed by atoms with Gasteiger partial charge in [0, 0.05) is 33.3 Å². The minimum atomic E-state index is -0.439. The summed E-state index contributed by atoms with van der Waals surface area (Å²) in [5.41, 5.74) is 4.97. The molecule has 2 amide bonds. The van der Waals surface area contributed by atoms with Crippen molar-refractivity contribution in [3.8, 4) is 0 Å². The van der Waals surface area contributed by atoms with Crippen LogP contribution in [0.3, 0.4) is 0 Å². The standard InChI is InChI=1S/C18H36N2O7/c1-23-12-13-26-15-14-25-10-6-18(22)20-7-11-24-8-4-2-3-5-9-27-16-17(19)21/h2-16H2,1H3,(H2,19,21)(H,20,22). The molecule has 0 saturated carbocycles. The van der Waals surface area contributed by atoms with Crippen LogP contribution < -0.4 is 11.1 Å². The van der Waals surface area contributed by atoms with Gasteiger partial charge < -0.3 is 34.7 Å². The lowest BCUT2D eigenvalue weighted by Gasteiger charge is -2.08. The summed E-state index contributed by atoms with van der Waals surface area (Å²) in [4.78, 5) is 22.0. The summed E-state index contributed by atoms with van der Waals surface area (Å²) >= 11 is 0. The van der Waals surface area contributed by atoms with Crippen molar-refractivity contribution in [2.45, 2.75) is 32.1 Å². The SMILES string of the molecule is COCCOCCOCCC(=O)NCCOCCCCCCOCC(N)=O. The van der Waals surface area contributed by atoms with E-state index in [1.165, 1.54) is 0 Å². The van der Waals surface area contributed by atoms with Gasteiger partial charge in [0.2, 0.25) is 11.8 Å². The molecule has 0 fully saturated rings. The molecule has 3 N–H and O–H groups in total. The number of hydrogen-bond acceptors (Lipinski definition) is 7. The van der Waals surface area contributed by atoms with Gasteiger partial charge in [0.1, 0.15) is 6.61 Å². The minimum Gasteiger partial charge on any atom is -0.382 e. The largest absolute Gasteiger partial charge is 0.382 e. The maximum atomic E-state index is 11.6. The van der Waals surface area contributed by atoms with Gasteiger partial charge in [-0.2, -0.15) is 0 Å². The third-order valence-corrected chi connectivity index (χ3v) is 3.42. The molecular formula is C18H36N2O7. The molecule has 0 aromatic heterocycles. The molecule has 9 heteroatoms. The number of unbranched alkanes of at least 4 members (excludes halogenated alkanes) is 3. The van der Waals surface area contributed by atoms with Crippen molar-refractivity contribution in [1.82, 2.24) is 5.32 Å². The predicted molar refractivity (Wildman–Crippen MR) is 100 cm³/mol. The molecule has 0 aliphatic heterocycles. The number of hydrogen-bond donors (Lipinski definition) is 2. The molecule has 0 spiro atoms. The molecule has 0 rings (SSSR count). The smallest absolute Gasteiger partial charge is 0.243 e. The fraction of sp³-hybridized carbons (Fsp3) is 0.889. The van der Waals surface area contributed by atoms with Gasteiger partial charge in [0.25, 0.3) is 0 Å². The van der Waals surface area contributed by atoms with E-state index < -0.39 is 5.91 Å². The number of ether oxygens (including phenoxy) is 5. The van der Waals surface area contributed by atoms with Gasteiger partial charge in [-0.3, -0.25) is 9.59 Å². The highest BCUT2D eigenvalue weighted by Gasteiger charge is 2.01. The maximum absolute atomic E-state index is 11.6. The van der Waals surface area contributed by atoms with Crippen molar-refractivity contribution in [3.05, 3.63) is 0 Å². The van der Waals surface area contributed by atoms with Crippen LogP contribution in [0.4, 0.5) is 0 Å². The summed E-state index contributed by atoms with van der Waals surface area (Å²) in [6, 6.07) is 0. The third kappa shape index (κ3) is 22.7. The van der Waals surface area contributed by atoms with Crippen LogP contribution in [0.25, 0.3) is 0 Å². The minimum absolute atomic E-state index is 0.00967. The summed E-state index contributed by atoms with van der Waals surface area (Å²) in [5.74, 6) is -0.485. The van der Waals surface area contributed by atoms with Crippen molar-refractivity contribution in [2.24, 2.45) is 5.73 Å². The van der Waals surface area contributed by atoms with Crippen LogP contribution in [0.15, 0.2) is 0 Å². The molecular weight excluding hydrogens is 356 g/mol. The summed E-state index contributed by atoms with van der Waals surface area (Å²) in [6.45, 7) is 4.68. The first-order valence-corrected chi connectivity index (χ1v) is 9.51. The van der Waals surface area contributed by atoms with Crippen molar-refractivity contribution < 1.29 is 33.3 Å². The lowest BCUT2D eigenvalue weighted by Crippen LogP contribution is -2.28. The van der Waals surface area contributed by atoms with Crippen LogP contribution in [0.5, 0.6) is 0 Å². The first kappa shape index (κ1) is 25.7. The molecule has 0 unspecified atom stereocenters. The number of methoxy groups -OCH3 is 1. The van der Waals surface area contributed by atoms with Crippen LogP contribution in [0.1, 0.15) is 32.1 Å². The summed E-state index contributed by atoms with van der Waals surface area (Å²) in [5, 5.41) is 2.79. The second kappa shape index (κ2) is 21.0. The fourth-order valence-electron chi connectivity index (χ4n) is 2.02. The van der Waals surface area contributed by atoms with E-state index in [0.717, 1.165) is 25.7 Å². The van der Waals surface area contributed by atoms with Crippen LogP contribution in [-0.2, 0) is 33.3 Å². The first-order valence-electron chi connectivity index (χ1n) is 9.51. The Morgan fingerprint density at radius 1 is 0.741 bits per heavy atom. The normalized spacial score (nSPS) is 10.9. The second-order valence-corrected chi connectivity index (χ2v) is 5.86. The molecule has 0 aromatic rings. The Morgan fingerprint density at radius 3 is 2.00 bits per heavy atom. The van der Waals surface area contributed by atoms with E-state index in [2.05, 4.69) is 5.32 Å². The number of rotatable bonds is 21. The van der Waals surface area contributed by atoms with E-state index >= 15 is 0 Å². The van der Waals surface area contributed by atoms with Gasteiger partial charge in [0.05, 0.1) is 39.6 Å². The lowest BCUT2D eigenvalue weighted by atomic mass is 10.2. The molecule has 9 nitrogen and oxygen atoms in total. The van der Waals surface area contributed by atoms with Gasteiger partial charge >= 0.3 is 0 Å². The van der Waals surface area contributed by atoms with Crippen LogP contribution in [0.2, 0.25) is 0 Å². The Labute approximate surface area is 162 Å². The zero-order chi connectivity index (χ0) is 20.0. The number of carbonyl (C=O) groups excluding carboxylic acids is 2. The second-order valence-electron chi connectivity index (χ2n) is 5.86. The molecule has 0 aromatic carbocycles. The molecule has 0 atom stereocenters. The zero-order valence-electron chi connectivity index (χ0n) is 16.5. The lowest BCUT2D eigenvalue weighted by molar-refractivity contribution is -0.123. The third-order valence-electron chi connectivity index (χ3n) is 3.42. The van der Waals surface area contributed by atoms with E-state index in [4.69, 9.17) is 29.4 Å². The number of carbonyl (C=O) groups is 2. The van der Waals surface area contributed by atoms with Crippen LogP contribution in [-0.4, -0.2) is 84.9 Å². The quantitative estimate of drug-likeness (QED) is 0.269. The average molecular weight is 392 g/mol. The van der Waals surface area contributed by atoms with Gasteiger partial charge in [-0.05, 0) is 12.8 Å². The van der Waals surface area contributed by atoms with Gasteiger partial charge in [-0.1, -0.05) is 12.8 Å². The molecule has 0 bridgehead atoms. The average Bonchev–Trinajstić information content (AvgIpc) is 2.64. The topological polar surface area (TPSA) is 118 Å².